The summed E-state index contributed by atoms with van der Waals surface area (Å²) < 4.78 is 6.41. The van der Waals surface area contributed by atoms with Gasteiger partial charge in [-0.3, -0.25) is 0 Å². The molecule has 0 aliphatic heterocycles. The second-order valence-corrected chi connectivity index (χ2v) is 13.4. The number of nitrogens with zero attached hydrogens (tertiary/aromatic N) is 1. The number of benzene rings is 8. The molecule has 1 aliphatic rings. The summed E-state index contributed by atoms with van der Waals surface area (Å²) in [5, 5.41) is 9.83. The van der Waals surface area contributed by atoms with Crippen LogP contribution in [0, 0.1) is 0 Å². The van der Waals surface area contributed by atoms with Gasteiger partial charge in [-0.15, -0.1) is 0 Å². The molecule has 0 amide bonds. The molecule has 2 nitrogen and oxygen atoms in total. The van der Waals surface area contributed by atoms with E-state index in [0.29, 0.717) is 0 Å². The average molecular weight is 602 g/mol. The largest absolute Gasteiger partial charge is 0.456 e. The van der Waals surface area contributed by atoms with E-state index >= 15 is 0 Å². The molecule has 0 atom stereocenters. The Bertz CT molecular complexity index is 2720. The third-order valence-electron chi connectivity index (χ3n) is 10.4. The average Bonchev–Trinajstić information content (AvgIpc) is 3.59. The molecule has 0 saturated heterocycles. The van der Waals surface area contributed by atoms with Gasteiger partial charge in [0, 0.05) is 39.3 Å². The van der Waals surface area contributed by atoms with Crippen molar-refractivity contribution in [1.29, 1.82) is 0 Å². The van der Waals surface area contributed by atoms with E-state index in [1.807, 2.05) is 12.1 Å². The lowest BCUT2D eigenvalue weighted by Crippen LogP contribution is -2.16. The molecule has 2 heteroatoms. The first-order valence-corrected chi connectivity index (χ1v) is 16.3. The standard InChI is InChI=1S/C45H31NO/c1-45(2)40-13-7-5-11-35(40)36-23-21-32(26-41(36)45)46(33-22-24-38-37-12-6-8-14-42(37)47-43(38)27-33)31-20-19-29-16-18-30-17-15-28-9-3-4-10-34(28)44(30)39(29)25-31/h3-27H,1-2H3. The van der Waals surface area contributed by atoms with Crippen molar-refractivity contribution in [2.24, 2.45) is 0 Å². The molecular weight excluding hydrogens is 571 g/mol. The van der Waals surface area contributed by atoms with Crippen molar-refractivity contribution in [1.82, 2.24) is 0 Å². The van der Waals surface area contributed by atoms with Gasteiger partial charge in [-0.2, -0.15) is 0 Å². The molecule has 0 bridgehead atoms. The van der Waals surface area contributed by atoms with E-state index in [9.17, 15) is 0 Å². The van der Waals surface area contributed by atoms with Crippen molar-refractivity contribution in [3.8, 4) is 11.1 Å². The number of fused-ring (bicyclic) bond motifs is 11. The van der Waals surface area contributed by atoms with E-state index in [4.69, 9.17) is 4.42 Å². The van der Waals surface area contributed by atoms with E-state index in [2.05, 4.69) is 158 Å². The van der Waals surface area contributed by atoms with E-state index in [1.165, 1.54) is 54.6 Å². The van der Waals surface area contributed by atoms with Crippen LogP contribution in [0.5, 0.6) is 0 Å². The van der Waals surface area contributed by atoms with Crippen LogP contribution in [0.3, 0.4) is 0 Å². The monoisotopic (exact) mass is 601 g/mol. The van der Waals surface area contributed by atoms with Gasteiger partial charge in [-0.25, -0.2) is 0 Å². The molecule has 1 aliphatic carbocycles. The summed E-state index contributed by atoms with van der Waals surface area (Å²) in [4.78, 5) is 2.40. The molecule has 0 spiro atoms. The van der Waals surface area contributed by atoms with Crippen molar-refractivity contribution in [2.75, 3.05) is 4.90 Å². The molecule has 0 unspecified atom stereocenters. The summed E-state index contributed by atoms with van der Waals surface area (Å²) in [6, 6.07) is 55.4. The fourth-order valence-corrected chi connectivity index (χ4v) is 8.08. The van der Waals surface area contributed by atoms with E-state index in [1.54, 1.807) is 0 Å². The van der Waals surface area contributed by atoms with Crippen LogP contribution < -0.4 is 4.90 Å². The first-order valence-electron chi connectivity index (χ1n) is 16.3. The highest BCUT2D eigenvalue weighted by Gasteiger charge is 2.35. The van der Waals surface area contributed by atoms with Crippen LogP contribution in [-0.4, -0.2) is 0 Å². The van der Waals surface area contributed by atoms with Gasteiger partial charge in [0.05, 0.1) is 0 Å². The number of furan rings is 1. The Balaban J connectivity index is 1.24. The number of para-hydroxylation sites is 1. The Hall–Kier alpha value is -5.86. The topological polar surface area (TPSA) is 16.4 Å². The maximum Gasteiger partial charge on any atom is 0.137 e. The quantitative estimate of drug-likeness (QED) is 0.187. The lowest BCUT2D eigenvalue weighted by Gasteiger charge is -2.28. The third-order valence-corrected chi connectivity index (χ3v) is 10.4. The molecular formula is C45H31NO. The fourth-order valence-electron chi connectivity index (χ4n) is 8.08. The Morgan fingerprint density at radius 3 is 1.91 bits per heavy atom. The normalized spacial score (nSPS) is 13.5. The first kappa shape index (κ1) is 26.4. The van der Waals surface area contributed by atoms with Gasteiger partial charge in [-0.05, 0) is 97.0 Å². The molecule has 1 heterocycles. The van der Waals surface area contributed by atoms with Crippen LogP contribution in [0.15, 0.2) is 156 Å². The van der Waals surface area contributed by atoms with Gasteiger partial charge < -0.3 is 9.32 Å². The van der Waals surface area contributed by atoms with Crippen LogP contribution in [0.1, 0.15) is 25.0 Å². The molecule has 47 heavy (non-hydrogen) atoms. The van der Waals surface area contributed by atoms with E-state index in [-0.39, 0.29) is 5.41 Å². The van der Waals surface area contributed by atoms with Gasteiger partial charge in [0.1, 0.15) is 11.2 Å². The predicted octanol–water partition coefficient (Wildman–Crippen LogP) is 12.8. The van der Waals surface area contributed by atoms with Crippen LogP contribution in [0.2, 0.25) is 0 Å². The summed E-state index contributed by atoms with van der Waals surface area (Å²) in [5.41, 5.74) is 10.4. The zero-order chi connectivity index (χ0) is 31.3. The second kappa shape index (κ2) is 9.57. The minimum atomic E-state index is -0.102. The summed E-state index contributed by atoms with van der Waals surface area (Å²) in [6.07, 6.45) is 0. The maximum absolute atomic E-state index is 6.41. The lowest BCUT2D eigenvalue weighted by atomic mass is 9.82. The van der Waals surface area contributed by atoms with Crippen LogP contribution >= 0.6 is 0 Å². The second-order valence-electron chi connectivity index (χ2n) is 13.4. The molecule has 0 radical (unpaired) electrons. The predicted molar refractivity (Wildman–Crippen MR) is 198 cm³/mol. The first-order chi connectivity index (χ1) is 23.0. The minimum Gasteiger partial charge on any atom is -0.456 e. The van der Waals surface area contributed by atoms with Crippen molar-refractivity contribution in [3.63, 3.8) is 0 Å². The minimum absolute atomic E-state index is 0.102. The Labute approximate surface area is 273 Å². The summed E-state index contributed by atoms with van der Waals surface area (Å²) in [6.45, 7) is 4.69. The Morgan fingerprint density at radius 1 is 0.426 bits per heavy atom. The van der Waals surface area contributed by atoms with Gasteiger partial charge in [-0.1, -0.05) is 117 Å². The summed E-state index contributed by atoms with van der Waals surface area (Å²) in [5.74, 6) is 0. The Kier molecular flexibility index (Phi) is 5.37. The molecule has 8 aromatic carbocycles. The number of hydrogen-bond acceptors (Lipinski definition) is 2. The molecule has 1 aromatic heterocycles. The van der Waals surface area contributed by atoms with Crippen LogP contribution in [0.25, 0.3) is 65.4 Å². The zero-order valence-electron chi connectivity index (χ0n) is 26.3. The molecule has 0 N–H and O–H groups in total. The van der Waals surface area contributed by atoms with Gasteiger partial charge in [0.2, 0.25) is 0 Å². The van der Waals surface area contributed by atoms with Crippen molar-refractivity contribution in [3.05, 3.63) is 163 Å². The van der Waals surface area contributed by atoms with Crippen LogP contribution in [0.4, 0.5) is 17.1 Å². The zero-order valence-corrected chi connectivity index (χ0v) is 26.3. The van der Waals surface area contributed by atoms with Crippen molar-refractivity contribution < 1.29 is 4.42 Å². The van der Waals surface area contributed by atoms with E-state index < -0.39 is 0 Å². The molecule has 10 rings (SSSR count). The fraction of sp³-hybridized carbons (Fsp3) is 0.0667. The third kappa shape index (κ3) is 3.79. The summed E-state index contributed by atoms with van der Waals surface area (Å²) >= 11 is 0. The van der Waals surface area contributed by atoms with Gasteiger partial charge in [0.15, 0.2) is 0 Å². The molecule has 0 saturated carbocycles. The lowest BCUT2D eigenvalue weighted by molar-refractivity contribution is 0.660. The molecule has 222 valence electrons. The molecule has 0 fully saturated rings. The number of hydrogen-bond donors (Lipinski definition) is 0. The van der Waals surface area contributed by atoms with Crippen molar-refractivity contribution in [2.45, 2.75) is 19.3 Å². The number of rotatable bonds is 3. The summed E-state index contributed by atoms with van der Waals surface area (Å²) in [7, 11) is 0. The highest BCUT2D eigenvalue weighted by Crippen LogP contribution is 2.51. The number of anilines is 3. The van der Waals surface area contributed by atoms with Gasteiger partial charge in [0.25, 0.3) is 0 Å². The highest BCUT2D eigenvalue weighted by molar-refractivity contribution is 6.20. The van der Waals surface area contributed by atoms with E-state index in [0.717, 1.165) is 39.0 Å². The SMILES string of the molecule is CC1(C)c2ccccc2-c2ccc(N(c3ccc4c(c3)oc3ccccc34)c3ccc4ccc5ccc6ccccc6c5c4c3)cc21. The van der Waals surface area contributed by atoms with Crippen LogP contribution in [-0.2, 0) is 5.41 Å². The van der Waals surface area contributed by atoms with Gasteiger partial charge >= 0.3 is 0 Å². The molecule has 9 aromatic rings. The maximum atomic E-state index is 6.41. The smallest absolute Gasteiger partial charge is 0.137 e. The Morgan fingerprint density at radius 2 is 1.02 bits per heavy atom. The highest BCUT2D eigenvalue weighted by atomic mass is 16.3. The van der Waals surface area contributed by atoms with Crippen molar-refractivity contribution >= 4 is 71.3 Å².